The number of hydrogen-bond acceptors (Lipinski definition) is 5. The van der Waals surface area contributed by atoms with E-state index in [9.17, 15) is 9.59 Å². The van der Waals surface area contributed by atoms with Gasteiger partial charge < -0.3 is 24.8 Å². The third-order valence-electron chi connectivity index (χ3n) is 3.44. The van der Waals surface area contributed by atoms with Crippen LogP contribution >= 0.6 is 15.9 Å². The average molecular weight is 387 g/mol. The molecule has 8 heteroatoms. The standard InChI is InChI=1S/C15H19BrN2O5/c1-3-22-13-10(16)6-9(7-11(13)21-2)15(20)18-4-5-23-12(8-18)14(17)19/h6-7,12H,3-5,8H2,1-2H3,(H2,17,19). The number of rotatable bonds is 5. The number of halogens is 1. The number of hydrogen-bond donors (Lipinski definition) is 1. The van der Waals surface area contributed by atoms with Gasteiger partial charge in [0.15, 0.2) is 17.6 Å². The molecule has 2 amide bonds. The highest BCUT2D eigenvalue weighted by molar-refractivity contribution is 9.10. The van der Waals surface area contributed by atoms with E-state index in [0.717, 1.165) is 0 Å². The minimum absolute atomic E-state index is 0.140. The van der Waals surface area contributed by atoms with Crippen LogP contribution in [0.5, 0.6) is 11.5 Å². The van der Waals surface area contributed by atoms with Crippen molar-refractivity contribution in [1.29, 1.82) is 0 Å². The van der Waals surface area contributed by atoms with Gasteiger partial charge in [-0.3, -0.25) is 9.59 Å². The van der Waals surface area contributed by atoms with Crippen LogP contribution < -0.4 is 15.2 Å². The minimum atomic E-state index is -0.777. The zero-order chi connectivity index (χ0) is 17.0. The van der Waals surface area contributed by atoms with Crippen LogP contribution in [-0.2, 0) is 9.53 Å². The monoisotopic (exact) mass is 386 g/mol. The number of ether oxygens (including phenoxy) is 3. The van der Waals surface area contributed by atoms with Crippen LogP contribution in [0.4, 0.5) is 0 Å². The second kappa shape index (κ2) is 7.65. The zero-order valence-electron chi connectivity index (χ0n) is 13.0. The molecule has 1 fully saturated rings. The Hall–Kier alpha value is -1.80. The van der Waals surface area contributed by atoms with Gasteiger partial charge in [0.2, 0.25) is 5.91 Å². The Morgan fingerprint density at radius 1 is 1.48 bits per heavy atom. The summed E-state index contributed by atoms with van der Waals surface area (Å²) in [5.74, 6) is 0.211. The molecule has 1 aromatic rings. The van der Waals surface area contributed by atoms with Crippen molar-refractivity contribution in [3.05, 3.63) is 22.2 Å². The fourth-order valence-corrected chi connectivity index (χ4v) is 2.87. The van der Waals surface area contributed by atoms with Gasteiger partial charge in [0.1, 0.15) is 0 Å². The molecular weight excluding hydrogens is 368 g/mol. The molecule has 2 N–H and O–H groups in total. The van der Waals surface area contributed by atoms with Gasteiger partial charge in [0.25, 0.3) is 5.91 Å². The summed E-state index contributed by atoms with van der Waals surface area (Å²) >= 11 is 3.39. The summed E-state index contributed by atoms with van der Waals surface area (Å²) < 4.78 is 16.7. The predicted molar refractivity (Wildman–Crippen MR) is 86.7 cm³/mol. The third kappa shape index (κ3) is 3.94. The van der Waals surface area contributed by atoms with Gasteiger partial charge in [-0.2, -0.15) is 0 Å². The molecule has 23 heavy (non-hydrogen) atoms. The molecule has 2 rings (SSSR count). The molecule has 1 unspecified atom stereocenters. The van der Waals surface area contributed by atoms with Gasteiger partial charge in [-0.25, -0.2) is 0 Å². The third-order valence-corrected chi connectivity index (χ3v) is 4.03. The van der Waals surface area contributed by atoms with Crippen LogP contribution in [0.3, 0.4) is 0 Å². The SMILES string of the molecule is CCOc1c(Br)cc(C(=O)N2CCOC(C(N)=O)C2)cc1OC. The van der Waals surface area contributed by atoms with E-state index in [-0.39, 0.29) is 19.1 Å². The molecule has 1 atom stereocenters. The Bertz CT molecular complexity index is 608. The van der Waals surface area contributed by atoms with Gasteiger partial charge in [-0.05, 0) is 35.0 Å². The van der Waals surface area contributed by atoms with Crippen molar-refractivity contribution in [2.75, 3.05) is 33.4 Å². The van der Waals surface area contributed by atoms with Crippen molar-refractivity contribution >= 4 is 27.7 Å². The number of nitrogens with two attached hydrogens (primary N) is 1. The van der Waals surface area contributed by atoms with E-state index in [2.05, 4.69) is 15.9 Å². The lowest BCUT2D eigenvalue weighted by Crippen LogP contribution is -2.50. The van der Waals surface area contributed by atoms with Crippen molar-refractivity contribution in [2.45, 2.75) is 13.0 Å². The van der Waals surface area contributed by atoms with Crippen molar-refractivity contribution in [3.8, 4) is 11.5 Å². The molecular formula is C15H19BrN2O5. The smallest absolute Gasteiger partial charge is 0.254 e. The first-order chi connectivity index (χ1) is 11.0. The first-order valence-corrected chi connectivity index (χ1v) is 7.97. The molecule has 1 aliphatic heterocycles. The molecule has 0 radical (unpaired) electrons. The second-order valence-corrected chi connectivity index (χ2v) is 5.79. The molecule has 1 aromatic carbocycles. The Kier molecular flexibility index (Phi) is 5.84. The average Bonchev–Trinajstić information content (AvgIpc) is 2.56. The van der Waals surface area contributed by atoms with Crippen molar-refractivity contribution in [3.63, 3.8) is 0 Å². The molecule has 0 bridgehead atoms. The van der Waals surface area contributed by atoms with Crippen LogP contribution in [0, 0.1) is 0 Å². The van der Waals surface area contributed by atoms with Crippen LogP contribution in [-0.4, -0.2) is 56.2 Å². The summed E-state index contributed by atoms with van der Waals surface area (Å²) in [5, 5.41) is 0. The minimum Gasteiger partial charge on any atom is -0.493 e. The molecule has 1 aliphatic rings. The summed E-state index contributed by atoms with van der Waals surface area (Å²) in [6, 6.07) is 3.29. The Labute approximate surface area is 142 Å². The highest BCUT2D eigenvalue weighted by Crippen LogP contribution is 2.37. The number of carbonyl (C=O) groups is 2. The molecule has 0 aromatic heterocycles. The van der Waals surface area contributed by atoms with Gasteiger partial charge in [-0.15, -0.1) is 0 Å². The lowest BCUT2D eigenvalue weighted by molar-refractivity contribution is -0.133. The number of amides is 2. The number of benzene rings is 1. The Morgan fingerprint density at radius 2 is 2.22 bits per heavy atom. The summed E-state index contributed by atoms with van der Waals surface area (Å²) in [7, 11) is 1.51. The summed E-state index contributed by atoms with van der Waals surface area (Å²) in [6.45, 7) is 3.15. The van der Waals surface area contributed by atoms with Crippen molar-refractivity contribution in [1.82, 2.24) is 4.90 Å². The molecule has 1 saturated heterocycles. The fourth-order valence-electron chi connectivity index (χ4n) is 2.32. The van der Waals surface area contributed by atoms with E-state index in [1.165, 1.54) is 7.11 Å². The predicted octanol–water partition coefficient (Wildman–Crippen LogP) is 1.18. The van der Waals surface area contributed by atoms with E-state index in [4.69, 9.17) is 19.9 Å². The molecule has 7 nitrogen and oxygen atoms in total. The van der Waals surface area contributed by atoms with Gasteiger partial charge >= 0.3 is 0 Å². The Balaban J connectivity index is 2.25. The maximum atomic E-state index is 12.7. The molecule has 126 valence electrons. The molecule has 1 heterocycles. The lowest BCUT2D eigenvalue weighted by atomic mass is 10.1. The van der Waals surface area contributed by atoms with Crippen LogP contribution in [0.15, 0.2) is 16.6 Å². The first kappa shape index (κ1) is 17.6. The van der Waals surface area contributed by atoms with Crippen LogP contribution in [0.25, 0.3) is 0 Å². The zero-order valence-corrected chi connectivity index (χ0v) is 14.6. The van der Waals surface area contributed by atoms with Gasteiger partial charge in [0.05, 0.1) is 31.3 Å². The van der Waals surface area contributed by atoms with Crippen molar-refractivity contribution < 1.29 is 23.8 Å². The van der Waals surface area contributed by atoms with Crippen molar-refractivity contribution in [2.24, 2.45) is 5.73 Å². The first-order valence-electron chi connectivity index (χ1n) is 7.18. The summed E-state index contributed by atoms with van der Waals surface area (Å²) in [5.41, 5.74) is 5.68. The maximum Gasteiger partial charge on any atom is 0.254 e. The number of methoxy groups -OCH3 is 1. The number of morpholine rings is 1. The quantitative estimate of drug-likeness (QED) is 0.820. The molecule has 0 spiro atoms. The van der Waals surface area contributed by atoms with E-state index in [1.54, 1.807) is 17.0 Å². The largest absolute Gasteiger partial charge is 0.493 e. The number of nitrogens with zero attached hydrogens (tertiary/aromatic N) is 1. The van der Waals surface area contributed by atoms with Crippen LogP contribution in [0.1, 0.15) is 17.3 Å². The Morgan fingerprint density at radius 3 is 2.83 bits per heavy atom. The highest BCUT2D eigenvalue weighted by atomic mass is 79.9. The van der Waals surface area contributed by atoms with E-state index in [1.807, 2.05) is 6.92 Å². The number of primary amides is 1. The van der Waals surface area contributed by atoms with E-state index >= 15 is 0 Å². The van der Waals surface area contributed by atoms with E-state index in [0.29, 0.717) is 34.7 Å². The summed E-state index contributed by atoms with van der Waals surface area (Å²) in [4.78, 5) is 25.4. The second-order valence-electron chi connectivity index (χ2n) is 4.94. The fraction of sp³-hybridized carbons (Fsp3) is 0.467. The van der Waals surface area contributed by atoms with E-state index < -0.39 is 12.0 Å². The highest BCUT2D eigenvalue weighted by Gasteiger charge is 2.29. The molecule has 0 saturated carbocycles. The topological polar surface area (TPSA) is 91.1 Å². The number of carbonyl (C=O) groups excluding carboxylic acids is 2. The molecule has 0 aliphatic carbocycles. The van der Waals surface area contributed by atoms with Crippen LogP contribution in [0.2, 0.25) is 0 Å². The lowest BCUT2D eigenvalue weighted by Gasteiger charge is -2.31. The van der Waals surface area contributed by atoms with Gasteiger partial charge in [0, 0.05) is 12.1 Å². The maximum absolute atomic E-state index is 12.7. The van der Waals surface area contributed by atoms with Gasteiger partial charge in [-0.1, -0.05) is 0 Å². The normalized spacial score (nSPS) is 17.7. The summed E-state index contributed by atoms with van der Waals surface area (Å²) in [6.07, 6.45) is -0.777.